The molecule has 1 aromatic carbocycles. The number of thiophene rings is 1. The molecule has 6 nitrogen and oxygen atoms in total. The van der Waals surface area contributed by atoms with Gasteiger partial charge in [-0.25, -0.2) is 9.67 Å². The lowest BCUT2D eigenvalue weighted by atomic mass is 9.95. The van der Waals surface area contributed by atoms with E-state index in [9.17, 15) is 4.79 Å². The number of amides is 1. The van der Waals surface area contributed by atoms with Gasteiger partial charge < -0.3 is 10.6 Å². The van der Waals surface area contributed by atoms with Crippen LogP contribution in [0.4, 0.5) is 0 Å². The molecule has 0 spiro atoms. The molecule has 2 bridgehead atoms. The highest BCUT2D eigenvalue weighted by atomic mass is 32.1. The number of carbonyl (C=O) groups excluding carboxylic acids is 1. The van der Waals surface area contributed by atoms with Gasteiger partial charge in [0.05, 0.1) is 0 Å². The number of carbonyl (C=O) groups is 1. The van der Waals surface area contributed by atoms with Crippen LogP contribution in [-0.2, 0) is 0 Å². The van der Waals surface area contributed by atoms with Crippen molar-refractivity contribution >= 4 is 27.3 Å². The standard InChI is InChI=1S/C17H17N5OS/c23-17(21-14-7-12-3-4-13(14)20-12)11-2-1-10-6-16(24-15(10)5-11)22-9-18-8-19-22/h1-2,5-6,8-9,12-14,20H,3-4,7H2,(H,21,23)/t12-,13+,14-/m1/s1. The van der Waals surface area contributed by atoms with Crippen molar-refractivity contribution in [2.24, 2.45) is 0 Å². The van der Waals surface area contributed by atoms with Crippen molar-refractivity contribution in [3.63, 3.8) is 0 Å². The SMILES string of the molecule is O=C(N[C@@H]1C[C@H]2CC[C@@H]1N2)c1ccc2cc(-n3cncn3)sc2c1. The van der Waals surface area contributed by atoms with Crippen LogP contribution in [0.3, 0.4) is 0 Å². The van der Waals surface area contributed by atoms with Crippen LogP contribution in [0, 0.1) is 0 Å². The zero-order valence-corrected chi connectivity index (χ0v) is 13.8. The van der Waals surface area contributed by atoms with E-state index in [0.29, 0.717) is 12.1 Å². The van der Waals surface area contributed by atoms with Gasteiger partial charge in [0.1, 0.15) is 17.7 Å². The molecule has 2 aliphatic rings. The van der Waals surface area contributed by atoms with Gasteiger partial charge in [0.15, 0.2) is 0 Å². The van der Waals surface area contributed by atoms with Crippen LogP contribution in [0.15, 0.2) is 36.9 Å². The Morgan fingerprint density at radius 1 is 1.33 bits per heavy atom. The maximum Gasteiger partial charge on any atom is 0.251 e. The smallest absolute Gasteiger partial charge is 0.251 e. The fraction of sp³-hybridized carbons (Fsp3) is 0.353. The van der Waals surface area contributed by atoms with Crippen LogP contribution in [0.1, 0.15) is 29.6 Å². The fourth-order valence-electron chi connectivity index (χ4n) is 3.83. The van der Waals surface area contributed by atoms with Crippen molar-refractivity contribution in [2.75, 3.05) is 0 Å². The summed E-state index contributed by atoms with van der Waals surface area (Å²) < 4.78 is 2.82. The molecule has 122 valence electrons. The van der Waals surface area contributed by atoms with E-state index < -0.39 is 0 Å². The van der Waals surface area contributed by atoms with E-state index in [0.717, 1.165) is 27.1 Å². The number of aromatic nitrogens is 3. The average molecular weight is 339 g/mol. The van der Waals surface area contributed by atoms with Crippen molar-refractivity contribution in [2.45, 2.75) is 37.4 Å². The second kappa shape index (κ2) is 5.39. The van der Waals surface area contributed by atoms with E-state index in [4.69, 9.17) is 0 Å². The molecule has 2 aliphatic heterocycles. The zero-order valence-electron chi connectivity index (χ0n) is 13.0. The minimum atomic E-state index is 0.0203. The Morgan fingerprint density at radius 3 is 3.04 bits per heavy atom. The van der Waals surface area contributed by atoms with Gasteiger partial charge in [0.2, 0.25) is 0 Å². The highest BCUT2D eigenvalue weighted by Gasteiger charge is 2.39. The minimum absolute atomic E-state index is 0.0203. The van der Waals surface area contributed by atoms with Gasteiger partial charge in [-0.1, -0.05) is 6.07 Å². The van der Waals surface area contributed by atoms with Gasteiger partial charge in [0, 0.05) is 28.4 Å². The summed E-state index contributed by atoms with van der Waals surface area (Å²) in [4.78, 5) is 16.6. The van der Waals surface area contributed by atoms with Crippen LogP contribution in [0.5, 0.6) is 0 Å². The Kier molecular flexibility index (Phi) is 3.17. The van der Waals surface area contributed by atoms with Crippen molar-refractivity contribution in [1.82, 2.24) is 25.4 Å². The van der Waals surface area contributed by atoms with Crippen molar-refractivity contribution < 1.29 is 4.79 Å². The molecule has 0 aliphatic carbocycles. The van der Waals surface area contributed by atoms with Crippen molar-refractivity contribution in [1.29, 1.82) is 0 Å². The predicted octanol–water partition coefficient (Wildman–Crippen LogP) is 2.10. The fourth-order valence-corrected chi connectivity index (χ4v) is 4.86. The lowest BCUT2D eigenvalue weighted by Crippen LogP contribution is -2.42. The Bertz CT molecular complexity index is 903. The van der Waals surface area contributed by atoms with E-state index in [1.54, 1.807) is 22.3 Å². The summed E-state index contributed by atoms with van der Waals surface area (Å²) in [5.41, 5.74) is 0.720. The maximum atomic E-state index is 12.6. The molecule has 0 unspecified atom stereocenters. The van der Waals surface area contributed by atoms with Crippen LogP contribution in [0.2, 0.25) is 0 Å². The topological polar surface area (TPSA) is 71.8 Å². The van der Waals surface area contributed by atoms with Crippen LogP contribution < -0.4 is 10.6 Å². The second-order valence-corrected chi connectivity index (χ2v) is 7.60. The largest absolute Gasteiger partial charge is 0.348 e. The molecular formula is C17H17N5OS. The maximum absolute atomic E-state index is 12.6. The van der Waals surface area contributed by atoms with Gasteiger partial charge in [-0.3, -0.25) is 4.79 Å². The molecule has 3 aromatic rings. The van der Waals surface area contributed by atoms with Crippen molar-refractivity contribution in [3.8, 4) is 5.00 Å². The summed E-state index contributed by atoms with van der Waals surface area (Å²) in [7, 11) is 0. The van der Waals surface area contributed by atoms with Crippen LogP contribution >= 0.6 is 11.3 Å². The van der Waals surface area contributed by atoms with E-state index in [2.05, 4.69) is 26.8 Å². The minimum Gasteiger partial charge on any atom is -0.348 e. The summed E-state index contributed by atoms with van der Waals surface area (Å²) >= 11 is 1.61. The average Bonchev–Trinajstić information content (AvgIpc) is 3.35. The monoisotopic (exact) mass is 339 g/mol. The molecule has 5 rings (SSSR count). The molecule has 2 N–H and O–H groups in total. The first kappa shape index (κ1) is 14.1. The second-order valence-electron chi connectivity index (χ2n) is 6.54. The Morgan fingerprint density at radius 2 is 2.29 bits per heavy atom. The predicted molar refractivity (Wildman–Crippen MR) is 92.6 cm³/mol. The number of nitrogens with one attached hydrogen (secondary N) is 2. The lowest BCUT2D eigenvalue weighted by molar-refractivity contribution is 0.0931. The molecule has 24 heavy (non-hydrogen) atoms. The molecule has 3 atom stereocenters. The number of hydrogen-bond acceptors (Lipinski definition) is 5. The van der Waals surface area contributed by atoms with Gasteiger partial charge in [0.25, 0.3) is 5.91 Å². The number of fused-ring (bicyclic) bond motifs is 3. The third kappa shape index (κ3) is 2.32. The van der Waals surface area contributed by atoms with Crippen LogP contribution in [-0.4, -0.2) is 38.8 Å². The van der Waals surface area contributed by atoms with E-state index in [-0.39, 0.29) is 11.9 Å². The van der Waals surface area contributed by atoms with Crippen LogP contribution in [0.25, 0.3) is 15.1 Å². The highest BCUT2D eigenvalue weighted by Crippen LogP contribution is 2.30. The normalized spacial score (nSPS) is 25.4. The van der Waals surface area contributed by atoms with Gasteiger partial charge >= 0.3 is 0 Å². The van der Waals surface area contributed by atoms with Gasteiger partial charge in [-0.15, -0.1) is 11.3 Å². The molecule has 2 saturated heterocycles. The molecular weight excluding hydrogens is 322 g/mol. The Balaban J connectivity index is 1.39. The summed E-state index contributed by atoms with van der Waals surface area (Å²) in [5, 5.41) is 13.0. The first-order valence-corrected chi connectivity index (χ1v) is 9.03. The Labute approximate surface area is 142 Å². The van der Waals surface area contributed by atoms with E-state index in [1.807, 2.05) is 18.2 Å². The molecule has 7 heteroatoms. The number of hydrogen-bond donors (Lipinski definition) is 2. The Hall–Kier alpha value is -2.25. The van der Waals surface area contributed by atoms with E-state index in [1.165, 1.54) is 19.2 Å². The summed E-state index contributed by atoms with van der Waals surface area (Å²) in [6.07, 6.45) is 6.66. The number of rotatable bonds is 3. The van der Waals surface area contributed by atoms with E-state index >= 15 is 0 Å². The summed E-state index contributed by atoms with van der Waals surface area (Å²) in [6.45, 7) is 0. The molecule has 1 amide bonds. The summed E-state index contributed by atoms with van der Waals surface area (Å²) in [5.74, 6) is 0.0203. The number of benzene rings is 1. The lowest BCUT2D eigenvalue weighted by Gasteiger charge is -2.21. The number of nitrogens with zero attached hydrogens (tertiary/aromatic N) is 3. The third-order valence-corrected chi connectivity index (χ3v) is 6.12. The quantitative estimate of drug-likeness (QED) is 0.767. The molecule has 2 aromatic heterocycles. The van der Waals surface area contributed by atoms with Gasteiger partial charge in [-0.05, 0) is 42.8 Å². The zero-order chi connectivity index (χ0) is 16.1. The first-order chi connectivity index (χ1) is 11.8. The van der Waals surface area contributed by atoms with Gasteiger partial charge in [-0.2, -0.15) is 5.10 Å². The molecule has 2 fully saturated rings. The van der Waals surface area contributed by atoms with Crippen molar-refractivity contribution in [3.05, 3.63) is 42.5 Å². The third-order valence-electron chi connectivity index (χ3n) is 5.03. The first-order valence-electron chi connectivity index (χ1n) is 8.22. The molecule has 0 radical (unpaired) electrons. The summed E-state index contributed by atoms with van der Waals surface area (Å²) in [6, 6.07) is 9.23. The highest BCUT2D eigenvalue weighted by molar-refractivity contribution is 7.21. The molecule has 4 heterocycles. The molecule has 0 saturated carbocycles.